The van der Waals surface area contributed by atoms with E-state index in [-0.39, 0.29) is 30.8 Å². The molecule has 10 atom stereocenters. The van der Waals surface area contributed by atoms with Gasteiger partial charge in [-0.3, -0.25) is 4.79 Å². The van der Waals surface area contributed by atoms with Gasteiger partial charge in [-0.1, -0.05) is 19.1 Å². The molecular formula is C31H38O12. The maximum absolute atomic E-state index is 13.6. The number of esters is 4. The van der Waals surface area contributed by atoms with Crippen molar-refractivity contribution in [1.29, 1.82) is 0 Å². The maximum Gasteiger partial charge on any atom is 0.348 e. The minimum Gasteiger partial charge on any atom is -0.467 e. The van der Waals surface area contributed by atoms with E-state index in [2.05, 4.69) is 0 Å². The van der Waals surface area contributed by atoms with Crippen molar-refractivity contribution in [3.05, 3.63) is 34.6 Å². The van der Waals surface area contributed by atoms with Crippen LogP contribution in [0, 0.1) is 28.6 Å². The fourth-order valence-electron chi connectivity index (χ4n) is 8.60. The number of carbonyl (C=O) groups excluding carboxylic acids is 5. The number of allylic oxidation sites excluding steroid dienone is 4. The third-order valence-corrected chi connectivity index (χ3v) is 10.8. The molecule has 2 heterocycles. The molecule has 0 aromatic heterocycles. The molecule has 5 rings (SSSR count). The van der Waals surface area contributed by atoms with E-state index in [0.29, 0.717) is 11.1 Å². The quantitative estimate of drug-likeness (QED) is 0.264. The number of carbonyl (C=O) groups is 5. The SMILES string of the molecule is C/C=C(\C)C(=O)OC1=C(C)[C@@H]2C[C@H]3OC(=O)[C@H](OC(=O)/C(C)=C/C)[C@H]4[C@]5(C(=O)OC)OC[C@]34[C@H]([C@@H](O)[C@@H]5O)[C@@]2(C)CC1=O. The molecule has 2 saturated carbocycles. The van der Waals surface area contributed by atoms with Crippen LogP contribution in [0.5, 0.6) is 0 Å². The van der Waals surface area contributed by atoms with E-state index in [1.807, 2.05) is 0 Å². The monoisotopic (exact) mass is 602 g/mol. The summed E-state index contributed by atoms with van der Waals surface area (Å²) in [5, 5.41) is 23.6. The summed E-state index contributed by atoms with van der Waals surface area (Å²) in [6, 6.07) is 0. The molecule has 0 aromatic carbocycles. The summed E-state index contributed by atoms with van der Waals surface area (Å²) < 4.78 is 28.4. The molecule has 43 heavy (non-hydrogen) atoms. The third kappa shape index (κ3) is 3.95. The summed E-state index contributed by atoms with van der Waals surface area (Å²) in [6.07, 6.45) is -3.17. The molecule has 4 fully saturated rings. The summed E-state index contributed by atoms with van der Waals surface area (Å²) in [5.41, 5.74) is -3.72. The van der Waals surface area contributed by atoms with Gasteiger partial charge in [-0.25, -0.2) is 19.2 Å². The lowest BCUT2D eigenvalue weighted by Crippen LogP contribution is -2.79. The molecule has 12 nitrogen and oxygen atoms in total. The third-order valence-electron chi connectivity index (χ3n) is 10.8. The molecular weight excluding hydrogens is 564 g/mol. The predicted octanol–water partition coefficient (Wildman–Crippen LogP) is 1.47. The van der Waals surface area contributed by atoms with Gasteiger partial charge in [0, 0.05) is 28.9 Å². The standard InChI is InChI=1S/C31H38O12/c1-8-13(3)25(35)42-20-15(5)16-10-18-30-12-40-31(28(38)39-7,24(34)19(33)22(30)29(16,6)11-17(20)32)23(30)21(27(37)41-18)43-26(36)14(4)9-2/h8-9,16,18-19,21-24,33-34H,10-12H2,1-7H3/b13-8+,14-9+/t16-,18+,19+,21+,22+,23+,24-,29-,30+,31-/m0/s1. The summed E-state index contributed by atoms with van der Waals surface area (Å²) in [7, 11) is 1.09. The Bertz CT molecular complexity index is 1390. The van der Waals surface area contributed by atoms with Crippen LogP contribution in [-0.2, 0) is 47.7 Å². The average Bonchev–Trinajstić information content (AvgIpc) is 3.28. The zero-order chi connectivity index (χ0) is 31.8. The zero-order valence-corrected chi connectivity index (χ0v) is 25.3. The first-order chi connectivity index (χ1) is 20.2. The first kappa shape index (κ1) is 31.1. The number of rotatable bonds is 5. The Morgan fingerprint density at radius 2 is 1.65 bits per heavy atom. The van der Waals surface area contributed by atoms with E-state index in [4.69, 9.17) is 23.7 Å². The number of Topliss-reactive ketones (excluding diaryl/α,β-unsaturated/α-hetero) is 1. The molecule has 0 amide bonds. The van der Waals surface area contributed by atoms with Crippen LogP contribution in [0.4, 0.5) is 0 Å². The highest BCUT2D eigenvalue weighted by atomic mass is 16.6. The van der Waals surface area contributed by atoms with Crippen molar-refractivity contribution < 1.29 is 57.9 Å². The van der Waals surface area contributed by atoms with Crippen LogP contribution in [0.15, 0.2) is 34.6 Å². The molecule has 234 valence electrons. The fraction of sp³-hybridized carbons (Fsp3) is 0.645. The van der Waals surface area contributed by atoms with Crippen molar-refractivity contribution in [2.75, 3.05) is 13.7 Å². The van der Waals surface area contributed by atoms with Crippen molar-refractivity contribution in [3.63, 3.8) is 0 Å². The molecule has 5 aliphatic rings. The largest absolute Gasteiger partial charge is 0.467 e. The first-order valence-corrected chi connectivity index (χ1v) is 14.4. The van der Waals surface area contributed by atoms with Crippen molar-refractivity contribution in [1.82, 2.24) is 0 Å². The second-order valence-electron chi connectivity index (χ2n) is 12.6. The topological polar surface area (TPSA) is 172 Å². The van der Waals surface area contributed by atoms with E-state index in [1.165, 1.54) is 13.0 Å². The van der Waals surface area contributed by atoms with Gasteiger partial charge in [0.25, 0.3) is 0 Å². The number of fused-ring (bicyclic) bond motifs is 2. The van der Waals surface area contributed by atoms with Gasteiger partial charge in [0.2, 0.25) is 11.7 Å². The highest BCUT2D eigenvalue weighted by Gasteiger charge is 2.85. The Labute approximate surface area is 249 Å². The second-order valence-corrected chi connectivity index (χ2v) is 12.6. The Kier molecular flexibility index (Phi) is 7.50. The van der Waals surface area contributed by atoms with Crippen LogP contribution in [0.3, 0.4) is 0 Å². The highest BCUT2D eigenvalue weighted by Crippen LogP contribution is 2.72. The van der Waals surface area contributed by atoms with Crippen LogP contribution < -0.4 is 0 Å². The average molecular weight is 603 g/mol. The van der Waals surface area contributed by atoms with Gasteiger partial charge in [-0.15, -0.1) is 0 Å². The van der Waals surface area contributed by atoms with E-state index < -0.39 is 88.3 Å². The van der Waals surface area contributed by atoms with Gasteiger partial charge in [0.1, 0.15) is 12.2 Å². The molecule has 0 aromatic rings. The predicted molar refractivity (Wildman–Crippen MR) is 145 cm³/mol. The van der Waals surface area contributed by atoms with Crippen LogP contribution in [0.2, 0.25) is 0 Å². The van der Waals surface area contributed by atoms with Gasteiger partial charge in [0.15, 0.2) is 11.5 Å². The van der Waals surface area contributed by atoms with Crippen molar-refractivity contribution in [2.45, 2.75) is 84.4 Å². The second kappa shape index (κ2) is 10.4. The molecule has 2 N–H and O–H groups in total. The molecule has 2 aliphatic heterocycles. The Morgan fingerprint density at radius 3 is 2.26 bits per heavy atom. The molecule has 12 heteroatoms. The van der Waals surface area contributed by atoms with Crippen molar-refractivity contribution >= 4 is 29.7 Å². The minimum absolute atomic E-state index is 0.102. The molecule has 3 aliphatic carbocycles. The molecule has 2 saturated heterocycles. The maximum atomic E-state index is 13.6. The van der Waals surface area contributed by atoms with E-state index >= 15 is 0 Å². The lowest BCUT2D eigenvalue weighted by molar-refractivity contribution is -0.290. The number of ketones is 1. The van der Waals surface area contributed by atoms with Crippen LogP contribution in [-0.4, -0.2) is 83.6 Å². The van der Waals surface area contributed by atoms with Gasteiger partial charge in [-0.2, -0.15) is 0 Å². The Hall–Kier alpha value is -3.35. The summed E-state index contributed by atoms with van der Waals surface area (Å²) in [4.78, 5) is 66.3. The molecule has 0 unspecified atom stereocenters. The number of hydrogen-bond acceptors (Lipinski definition) is 12. The first-order valence-electron chi connectivity index (χ1n) is 14.4. The van der Waals surface area contributed by atoms with E-state index in [1.54, 1.807) is 40.7 Å². The Balaban J connectivity index is 1.69. The summed E-state index contributed by atoms with van der Waals surface area (Å²) in [5.74, 6) is -6.86. The number of aliphatic hydroxyl groups excluding tert-OH is 2. The fourth-order valence-corrected chi connectivity index (χ4v) is 8.60. The summed E-state index contributed by atoms with van der Waals surface area (Å²) >= 11 is 0. The molecule has 2 bridgehead atoms. The molecule has 0 radical (unpaired) electrons. The molecule has 1 spiro atoms. The normalized spacial score (nSPS) is 42.0. The van der Waals surface area contributed by atoms with E-state index in [9.17, 15) is 34.2 Å². The number of ether oxygens (including phenoxy) is 5. The lowest BCUT2D eigenvalue weighted by Gasteiger charge is -2.67. The van der Waals surface area contributed by atoms with Gasteiger partial charge in [-0.05, 0) is 57.9 Å². The van der Waals surface area contributed by atoms with Gasteiger partial charge < -0.3 is 33.9 Å². The van der Waals surface area contributed by atoms with Gasteiger partial charge >= 0.3 is 23.9 Å². The van der Waals surface area contributed by atoms with Crippen LogP contribution in [0.25, 0.3) is 0 Å². The number of methoxy groups -OCH3 is 1. The number of aliphatic hydroxyl groups is 2. The summed E-state index contributed by atoms with van der Waals surface area (Å²) in [6.45, 7) is 9.56. The smallest absolute Gasteiger partial charge is 0.348 e. The minimum atomic E-state index is -2.26. The van der Waals surface area contributed by atoms with Crippen LogP contribution in [0.1, 0.15) is 54.4 Å². The number of hydrogen-bond donors (Lipinski definition) is 2. The van der Waals surface area contributed by atoms with E-state index in [0.717, 1.165) is 7.11 Å². The zero-order valence-electron chi connectivity index (χ0n) is 25.3. The van der Waals surface area contributed by atoms with Crippen molar-refractivity contribution in [2.24, 2.45) is 28.6 Å². The van der Waals surface area contributed by atoms with Gasteiger partial charge in [0.05, 0.1) is 25.7 Å². The Morgan fingerprint density at radius 1 is 1.02 bits per heavy atom. The lowest BCUT2D eigenvalue weighted by atomic mass is 9.38. The van der Waals surface area contributed by atoms with Crippen molar-refractivity contribution in [3.8, 4) is 0 Å². The van der Waals surface area contributed by atoms with Crippen LogP contribution >= 0.6 is 0 Å². The highest BCUT2D eigenvalue weighted by molar-refractivity contribution is 6.00.